The summed E-state index contributed by atoms with van der Waals surface area (Å²) in [4.78, 5) is 0. The lowest BCUT2D eigenvalue weighted by molar-refractivity contribution is 0.0698. The van der Waals surface area contributed by atoms with Gasteiger partial charge in [0, 0.05) is 31.4 Å². The molecule has 7 heteroatoms. The zero-order valence-electron chi connectivity index (χ0n) is 11.8. The number of hydrogen-bond donors (Lipinski definition) is 0. The molecule has 0 bridgehead atoms. The van der Waals surface area contributed by atoms with Gasteiger partial charge in [0.15, 0.2) is 11.6 Å². The fourth-order valence-electron chi connectivity index (χ4n) is 1.89. The summed E-state index contributed by atoms with van der Waals surface area (Å²) < 4.78 is 57.2. The fraction of sp³-hybridized carbons (Fsp3) is 0.538. The second-order valence-electron chi connectivity index (χ2n) is 3.98. The van der Waals surface area contributed by atoms with Crippen molar-refractivity contribution < 1.29 is 26.4 Å². The molecule has 1 rings (SSSR count). The molecule has 0 aliphatic rings. The molecule has 0 saturated carbocycles. The molecule has 0 spiro atoms. The summed E-state index contributed by atoms with van der Waals surface area (Å²) in [5, 5.41) is 0. The lowest BCUT2D eigenvalue weighted by Crippen LogP contribution is -2.49. The van der Waals surface area contributed by atoms with Crippen molar-refractivity contribution >= 4 is 8.80 Å². The predicted molar refractivity (Wildman–Crippen MR) is 70.7 cm³/mol. The van der Waals surface area contributed by atoms with Crippen molar-refractivity contribution in [2.45, 2.75) is 26.8 Å². The first-order valence-electron chi connectivity index (χ1n) is 6.53. The summed E-state index contributed by atoms with van der Waals surface area (Å²) in [6.45, 7) is 6.05. The van der Waals surface area contributed by atoms with Crippen molar-refractivity contribution in [3.63, 3.8) is 0 Å². The molecule has 0 atom stereocenters. The summed E-state index contributed by atoms with van der Waals surface area (Å²) >= 11 is 0. The standard InChI is InChI=1S/C13H19F3O3Si/c1-4-17-20(18-5-2,19-6-3)9-10-11(14)7-8-12(15)13(10)16/h7-8H,4-6,9H2,1-3H3. The molecule has 0 aliphatic carbocycles. The molecule has 0 aliphatic heterocycles. The van der Waals surface area contributed by atoms with Gasteiger partial charge in [-0.1, -0.05) is 0 Å². The zero-order chi connectivity index (χ0) is 15.2. The van der Waals surface area contributed by atoms with Crippen LogP contribution in [-0.4, -0.2) is 28.6 Å². The number of hydrogen-bond acceptors (Lipinski definition) is 3. The van der Waals surface area contributed by atoms with E-state index in [9.17, 15) is 13.2 Å². The minimum absolute atomic E-state index is 0.238. The number of halogens is 3. The highest BCUT2D eigenvalue weighted by molar-refractivity contribution is 6.60. The summed E-state index contributed by atoms with van der Waals surface area (Å²) in [7, 11) is -3.27. The average molecular weight is 308 g/mol. The first-order valence-corrected chi connectivity index (χ1v) is 8.47. The van der Waals surface area contributed by atoms with Gasteiger partial charge in [0.05, 0.1) is 0 Å². The van der Waals surface area contributed by atoms with Crippen molar-refractivity contribution in [2.75, 3.05) is 19.8 Å². The van der Waals surface area contributed by atoms with Gasteiger partial charge in [-0.05, 0) is 32.9 Å². The molecule has 3 nitrogen and oxygen atoms in total. The maximum absolute atomic E-state index is 13.8. The quantitative estimate of drug-likeness (QED) is 0.545. The highest BCUT2D eigenvalue weighted by atomic mass is 28.4. The van der Waals surface area contributed by atoms with E-state index in [4.69, 9.17) is 13.3 Å². The van der Waals surface area contributed by atoms with E-state index in [-0.39, 0.29) is 25.9 Å². The van der Waals surface area contributed by atoms with Crippen LogP contribution in [0.4, 0.5) is 13.2 Å². The smallest absolute Gasteiger partial charge is 0.374 e. The van der Waals surface area contributed by atoms with E-state index < -0.39 is 31.8 Å². The largest absolute Gasteiger partial charge is 0.505 e. The third-order valence-electron chi connectivity index (χ3n) is 2.62. The molecular formula is C13H19F3O3Si. The maximum atomic E-state index is 13.8. The van der Waals surface area contributed by atoms with Gasteiger partial charge in [0.25, 0.3) is 0 Å². The highest BCUT2D eigenvalue weighted by Crippen LogP contribution is 2.23. The second-order valence-corrected chi connectivity index (χ2v) is 6.57. The van der Waals surface area contributed by atoms with Gasteiger partial charge in [-0.2, -0.15) is 0 Å². The third kappa shape index (κ3) is 4.05. The van der Waals surface area contributed by atoms with Gasteiger partial charge in [-0.25, -0.2) is 13.2 Å². The van der Waals surface area contributed by atoms with Crippen LogP contribution in [0.2, 0.25) is 0 Å². The van der Waals surface area contributed by atoms with Crippen molar-refractivity contribution in [1.82, 2.24) is 0 Å². The Hall–Kier alpha value is -0.893. The van der Waals surface area contributed by atoms with E-state index in [1.165, 1.54) is 0 Å². The molecule has 0 heterocycles. The van der Waals surface area contributed by atoms with Crippen LogP contribution in [0.15, 0.2) is 12.1 Å². The molecule has 114 valence electrons. The van der Waals surface area contributed by atoms with Gasteiger partial charge in [0.1, 0.15) is 5.82 Å². The van der Waals surface area contributed by atoms with Crippen LogP contribution in [-0.2, 0) is 19.3 Å². The van der Waals surface area contributed by atoms with E-state index in [0.29, 0.717) is 0 Å². The second kappa shape index (κ2) is 7.77. The SMILES string of the molecule is CCO[Si](Cc1c(F)ccc(F)c1F)(OCC)OCC. The van der Waals surface area contributed by atoms with Gasteiger partial charge < -0.3 is 13.3 Å². The minimum Gasteiger partial charge on any atom is -0.374 e. The Bertz CT molecular complexity index is 426. The van der Waals surface area contributed by atoms with Crippen molar-refractivity contribution in [1.29, 1.82) is 0 Å². The molecule has 0 radical (unpaired) electrons. The van der Waals surface area contributed by atoms with Crippen LogP contribution in [0, 0.1) is 17.5 Å². The Morgan fingerprint density at radius 1 is 0.850 bits per heavy atom. The predicted octanol–water partition coefficient (Wildman–Crippen LogP) is 3.23. The van der Waals surface area contributed by atoms with Crippen molar-refractivity contribution in [3.05, 3.63) is 35.1 Å². The van der Waals surface area contributed by atoms with Crippen LogP contribution in [0.5, 0.6) is 0 Å². The van der Waals surface area contributed by atoms with Crippen LogP contribution in [0.3, 0.4) is 0 Å². The first kappa shape index (κ1) is 17.2. The Morgan fingerprint density at radius 3 is 1.75 bits per heavy atom. The topological polar surface area (TPSA) is 27.7 Å². The maximum Gasteiger partial charge on any atom is 0.505 e. The highest BCUT2D eigenvalue weighted by Gasteiger charge is 2.42. The van der Waals surface area contributed by atoms with Gasteiger partial charge in [-0.3, -0.25) is 0 Å². The molecule has 0 saturated heterocycles. The van der Waals surface area contributed by atoms with E-state index in [2.05, 4.69) is 0 Å². The first-order chi connectivity index (χ1) is 9.49. The Balaban J connectivity index is 3.14. The van der Waals surface area contributed by atoms with Crippen LogP contribution >= 0.6 is 0 Å². The van der Waals surface area contributed by atoms with E-state index >= 15 is 0 Å². The lowest BCUT2D eigenvalue weighted by atomic mass is 10.2. The van der Waals surface area contributed by atoms with Gasteiger partial charge in [0.2, 0.25) is 0 Å². The Morgan fingerprint density at radius 2 is 1.30 bits per heavy atom. The fourth-order valence-corrected chi connectivity index (χ4v) is 4.52. The third-order valence-corrected chi connectivity index (χ3v) is 5.60. The molecule has 1 aromatic carbocycles. The average Bonchev–Trinajstić information content (AvgIpc) is 2.40. The lowest BCUT2D eigenvalue weighted by Gasteiger charge is -2.28. The number of benzene rings is 1. The van der Waals surface area contributed by atoms with Crippen molar-refractivity contribution in [3.8, 4) is 0 Å². The molecule has 20 heavy (non-hydrogen) atoms. The zero-order valence-corrected chi connectivity index (χ0v) is 12.8. The molecule has 0 aromatic heterocycles. The van der Waals surface area contributed by atoms with E-state index in [0.717, 1.165) is 12.1 Å². The summed E-state index contributed by atoms with van der Waals surface area (Å²) in [5.74, 6) is -3.16. The van der Waals surface area contributed by atoms with Crippen LogP contribution in [0.1, 0.15) is 26.3 Å². The van der Waals surface area contributed by atoms with Crippen LogP contribution in [0.25, 0.3) is 0 Å². The molecule has 0 unspecified atom stereocenters. The van der Waals surface area contributed by atoms with Crippen molar-refractivity contribution in [2.24, 2.45) is 0 Å². The van der Waals surface area contributed by atoms with Crippen LogP contribution < -0.4 is 0 Å². The Labute approximate surface area is 118 Å². The van der Waals surface area contributed by atoms with Gasteiger partial charge in [-0.15, -0.1) is 0 Å². The van der Waals surface area contributed by atoms with E-state index in [1.807, 2.05) is 0 Å². The Kier molecular flexibility index (Phi) is 6.67. The molecule has 1 aromatic rings. The normalized spacial score (nSPS) is 11.9. The molecule has 0 amide bonds. The minimum atomic E-state index is -3.27. The van der Waals surface area contributed by atoms with E-state index in [1.54, 1.807) is 20.8 Å². The monoisotopic (exact) mass is 308 g/mol. The number of rotatable bonds is 8. The summed E-state index contributed by atoms with van der Waals surface area (Å²) in [5.41, 5.74) is -0.396. The summed E-state index contributed by atoms with van der Waals surface area (Å²) in [6.07, 6.45) is 0. The molecule has 0 fully saturated rings. The molecular weight excluding hydrogens is 289 g/mol. The molecule has 0 N–H and O–H groups in total. The van der Waals surface area contributed by atoms with Gasteiger partial charge >= 0.3 is 8.80 Å². The summed E-state index contributed by atoms with van der Waals surface area (Å²) in [6, 6.07) is 1.40.